The molecule has 0 saturated heterocycles. The molecule has 1 aromatic heterocycles. The molecule has 2 amide bonds. The van der Waals surface area contributed by atoms with Gasteiger partial charge in [-0.25, -0.2) is 0 Å². The molecule has 0 unspecified atom stereocenters. The molecule has 6 heteroatoms. The summed E-state index contributed by atoms with van der Waals surface area (Å²) in [6.07, 6.45) is 0.397. The Morgan fingerprint density at radius 1 is 1.53 bits per heavy atom. The molecule has 1 aromatic rings. The summed E-state index contributed by atoms with van der Waals surface area (Å²) in [7, 11) is 0. The summed E-state index contributed by atoms with van der Waals surface area (Å²) >= 11 is 1.33. The zero-order valence-electron chi connectivity index (χ0n) is 10.8. The van der Waals surface area contributed by atoms with Crippen molar-refractivity contribution in [3.05, 3.63) is 21.9 Å². The first kappa shape index (κ1) is 15.2. The van der Waals surface area contributed by atoms with Crippen molar-refractivity contribution in [2.45, 2.75) is 25.8 Å². The Morgan fingerprint density at radius 2 is 2.21 bits per heavy atom. The first-order valence-electron chi connectivity index (χ1n) is 5.67. The minimum atomic E-state index is -1.10. The lowest BCUT2D eigenvalue weighted by atomic mass is 10.0. The highest BCUT2D eigenvalue weighted by Gasteiger charge is 2.27. The fourth-order valence-corrected chi connectivity index (χ4v) is 1.90. The third-order valence-electron chi connectivity index (χ3n) is 2.35. The molecule has 0 atom stereocenters. The van der Waals surface area contributed by atoms with E-state index in [0.717, 1.165) is 4.88 Å². The fraction of sp³-hybridized carbons (Fsp3) is 0.385. The van der Waals surface area contributed by atoms with Crippen molar-refractivity contribution in [2.24, 2.45) is 5.73 Å². The molecule has 102 valence electrons. The third-order valence-corrected chi connectivity index (χ3v) is 3.20. The van der Waals surface area contributed by atoms with Gasteiger partial charge in [-0.3, -0.25) is 9.59 Å². The molecular weight excluding hydrogens is 264 g/mol. The van der Waals surface area contributed by atoms with E-state index in [1.54, 1.807) is 25.3 Å². The molecule has 0 aromatic carbocycles. The van der Waals surface area contributed by atoms with Gasteiger partial charge in [-0.05, 0) is 19.9 Å². The molecule has 1 heterocycles. The van der Waals surface area contributed by atoms with Crippen LogP contribution in [0.15, 0.2) is 11.4 Å². The molecule has 5 nitrogen and oxygen atoms in total. The molecule has 1 rings (SSSR count). The molecule has 19 heavy (non-hydrogen) atoms. The van der Waals surface area contributed by atoms with Crippen LogP contribution in [-0.2, 0) is 4.79 Å². The lowest BCUT2D eigenvalue weighted by Gasteiger charge is -2.21. The van der Waals surface area contributed by atoms with Gasteiger partial charge in [0.05, 0.1) is 17.0 Å². The van der Waals surface area contributed by atoms with E-state index in [2.05, 4.69) is 17.2 Å². The highest BCUT2D eigenvalue weighted by Crippen LogP contribution is 2.14. The maximum absolute atomic E-state index is 11.9. The summed E-state index contributed by atoms with van der Waals surface area (Å²) in [5.41, 5.74) is 4.53. The van der Waals surface area contributed by atoms with E-state index in [-0.39, 0.29) is 12.5 Å². The second-order valence-electron chi connectivity index (χ2n) is 4.42. The number of nitrogens with one attached hydrogen (secondary N) is 1. The first-order valence-corrected chi connectivity index (χ1v) is 6.55. The Kier molecular flexibility index (Phi) is 5.10. The smallest absolute Gasteiger partial charge is 0.253 e. The quantitative estimate of drug-likeness (QED) is 0.700. The molecule has 0 saturated carbocycles. The Morgan fingerprint density at radius 3 is 2.79 bits per heavy atom. The number of thiophene rings is 1. The monoisotopic (exact) mass is 280 g/mol. The summed E-state index contributed by atoms with van der Waals surface area (Å²) in [4.78, 5) is 23.8. The number of nitrogens with two attached hydrogens (primary N) is 1. The third kappa shape index (κ3) is 4.39. The maximum atomic E-state index is 11.9. The second kappa shape index (κ2) is 6.36. The van der Waals surface area contributed by atoms with Crippen LogP contribution < -0.4 is 11.1 Å². The van der Waals surface area contributed by atoms with Gasteiger partial charge in [0.2, 0.25) is 5.91 Å². The number of carbonyl (C=O) groups excluding carboxylic acids is 2. The van der Waals surface area contributed by atoms with Crippen molar-refractivity contribution in [3.63, 3.8) is 0 Å². The molecule has 4 N–H and O–H groups in total. The highest BCUT2D eigenvalue weighted by atomic mass is 32.1. The molecule has 0 fully saturated rings. The molecular formula is C13H16N2O3S. The SMILES string of the molecule is CC(C)(NC(=O)c1csc(C#CCCO)c1)C(N)=O. The van der Waals surface area contributed by atoms with E-state index in [1.165, 1.54) is 11.3 Å². The molecule has 0 radical (unpaired) electrons. The summed E-state index contributed by atoms with van der Waals surface area (Å²) < 4.78 is 0. The van der Waals surface area contributed by atoms with Crippen LogP contribution in [0.5, 0.6) is 0 Å². The molecule has 0 aliphatic heterocycles. The normalized spacial score (nSPS) is 10.5. The number of primary amides is 1. The van der Waals surface area contributed by atoms with E-state index >= 15 is 0 Å². The van der Waals surface area contributed by atoms with E-state index in [9.17, 15) is 9.59 Å². The van der Waals surface area contributed by atoms with Crippen LogP contribution in [0, 0.1) is 11.8 Å². The largest absolute Gasteiger partial charge is 0.395 e. The summed E-state index contributed by atoms with van der Waals surface area (Å²) in [5.74, 6) is 4.65. The molecule has 0 spiro atoms. The Labute approximate surface area is 115 Å². The number of hydrogen-bond acceptors (Lipinski definition) is 4. The van der Waals surface area contributed by atoms with Gasteiger partial charge in [0.1, 0.15) is 5.54 Å². The number of amides is 2. The zero-order valence-corrected chi connectivity index (χ0v) is 11.6. The second-order valence-corrected chi connectivity index (χ2v) is 5.33. The average Bonchev–Trinajstić information content (AvgIpc) is 2.77. The van der Waals surface area contributed by atoms with Crippen molar-refractivity contribution in [1.82, 2.24) is 5.32 Å². The number of aliphatic hydroxyl groups is 1. The lowest BCUT2D eigenvalue weighted by molar-refractivity contribution is -0.122. The van der Waals surface area contributed by atoms with Crippen LogP contribution in [0.25, 0.3) is 0 Å². The number of rotatable bonds is 4. The average molecular weight is 280 g/mol. The van der Waals surface area contributed by atoms with Crippen LogP contribution in [0.3, 0.4) is 0 Å². The summed E-state index contributed by atoms with van der Waals surface area (Å²) in [6, 6.07) is 1.64. The van der Waals surface area contributed by atoms with Crippen molar-refractivity contribution in [2.75, 3.05) is 6.61 Å². The van der Waals surface area contributed by atoms with Gasteiger partial charge in [-0.1, -0.05) is 11.8 Å². The Bertz CT molecular complexity index is 538. The predicted octanol–water partition coefficient (Wildman–Crippen LogP) is 0.476. The van der Waals surface area contributed by atoms with Crippen LogP contribution in [0.2, 0.25) is 0 Å². The first-order chi connectivity index (χ1) is 8.86. The van der Waals surface area contributed by atoms with Crippen LogP contribution in [0.4, 0.5) is 0 Å². The van der Waals surface area contributed by atoms with Crippen molar-refractivity contribution in [3.8, 4) is 11.8 Å². The molecule has 0 aliphatic rings. The van der Waals surface area contributed by atoms with E-state index in [1.807, 2.05) is 0 Å². The predicted molar refractivity (Wildman–Crippen MR) is 73.6 cm³/mol. The lowest BCUT2D eigenvalue weighted by Crippen LogP contribution is -2.52. The van der Waals surface area contributed by atoms with Gasteiger partial charge in [0.15, 0.2) is 0 Å². The summed E-state index contributed by atoms with van der Waals surface area (Å²) in [6.45, 7) is 3.10. The Hall–Kier alpha value is -1.84. The molecule has 0 bridgehead atoms. The van der Waals surface area contributed by atoms with Gasteiger partial charge in [-0.15, -0.1) is 11.3 Å². The maximum Gasteiger partial charge on any atom is 0.253 e. The van der Waals surface area contributed by atoms with Gasteiger partial charge in [0, 0.05) is 11.8 Å². The number of hydrogen-bond donors (Lipinski definition) is 3. The van der Waals surface area contributed by atoms with Crippen LogP contribution in [0.1, 0.15) is 35.5 Å². The van der Waals surface area contributed by atoms with Crippen LogP contribution in [-0.4, -0.2) is 29.1 Å². The Balaban J connectivity index is 2.75. The van der Waals surface area contributed by atoms with E-state index in [4.69, 9.17) is 10.8 Å². The zero-order chi connectivity index (χ0) is 14.5. The minimum Gasteiger partial charge on any atom is -0.395 e. The summed E-state index contributed by atoms with van der Waals surface area (Å²) in [5, 5.41) is 12.8. The van der Waals surface area contributed by atoms with E-state index < -0.39 is 11.4 Å². The van der Waals surface area contributed by atoms with Gasteiger partial charge < -0.3 is 16.2 Å². The van der Waals surface area contributed by atoms with Crippen molar-refractivity contribution in [1.29, 1.82) is 0 Å². The van der Waals surface area contributed by atoms with E-state index in [0.29, 0.717) is 12.0 Å². The standard InChI is InChI=1S/C13H16N2O3S/c1-13(2,12(14)18)15-11(17)9-7-10(19-8-9)5-3-4-6-16/h7-8,16H,4,6H2,1-2H3,(H2,14,18)(H,15,17). The van der Waals surface area contributed by atoms with Crippen molar-refractivity contribution < 1.29 is 14.7 Å². The van der Waals surface area contributed by atoms with Gasteiger partial charge >= 0.3 is 0 Å². The van der Waals surface area contributed by atoms with Gasteiger partial charge in [-0.2, -0.15) is 0 Å². The van der Waals surface area contributed by atoms with Crippen molar-refractivity contribution >= 4 is 23.2 Å². The topological polar surface area (TPSA) is 92.4 Å². The number of aliphatic hydroxyl groups excluding tert-OH is 1. The number of carbonyl (C=O) groups is 2. The highest BCUT2D eigenvalue weighted by molar-refractivity contribution is 7.10. The van der Waals surface area contributed by atoms with Gasteiger partial charge in [0.25, 0.3) is 5.91 Å². The fourth-order valence-electron chi connectivity index (χ4n) is 1.14. The molecule has 0 aliphatic carbocycles. The minimum absolute atomic E-state index is 0.0124. The van der Waals surface area contributed by atoms with Crippen LogP contribution >= 0.6 is 11.3 Å².